The fourth-order valence-electron chi connectivity index (χ4n) is 2.65. The van der Waals surface area contributed by atoms with E-state index in [0.717, 1.165) is 41.3 Å². The Morgan fingerprint density at radius 2 is 2.00 bits per heavy atom. The molecule has 4 heteroatoms. The van der Waals surface area contributed by atoms with Gasteiger partial charge in [-0.2, -0.15) is 0 Å². The number of fused-ring (bicyclic) bond motifs is 1. The number of rotatable bonds is 4. The normalized spacial score (nSPS) is 11.1. The summed E-state index contributed by atoms with van der Waals surface area (Å²) in [6.45, 7) is 5.15. The van der Waals surface area contributed by atoms with Crippen LogP contribution in [0.4, 0.5) is 5.69 Å². The predicted octanol–water partition coefficient (Wildman–Crippen LogP) is 3.32. The van der Waals surface area contributed by atoms with Gasteiger partial charge in [0.25, 0.3) is 0 Å². The summed E-state index contributed by atoms with van der Waals surface area (Å²) < 4.78 is 2.28. The summed E-state index contributed by atoms with van der Waals surface area (Å²) in [7, 11) is 0. The summed E-state index contributed by atoms with van der Waals surface area (Å²) in [6.07, 6.45) is 3.56. The Morgan fingerprint density at radius 3 is 2.81 bits per heavy atom. The molecular weight excluding hydrogens is 260 g/mol. The third kappa shape index (κ3) is 2.49. The predicted molar refractivity (Wildman–Crippen MR) is 86.2 cm³/mol. The number of para-hydroxylation sites is 2. The SMILES string of the molecule is CCCn1c(Cc2nccc(C)c2N)nc2ccccc21. The van der Waals surface area contributed by atoms with Gasteiger partial charge in [-0.3, -0.25) is 4.98 Å². The molecule has 0 atom stereocenters. The zero-order valence-corrected chi connectivity index (χ0v) is 12.5. The van der Waals surface area contributed by atoms with Crippen LogP contribution in [-0.4, -0.2) is 14.5 Å². The lowest BCUT2D eigenvalue weighted by molar-refractivity contribution is 0.662. The minimum atomic E-state index is 0.669. The second-order valence-electron chi connectivity index (χ2n) is 5.33. The molecule has 0 aliphatic rings. The van der Waals surface area contributed by atoms with E-state index in [-0.39, 0.29) is 0 Å². The molecule has 0 amide bonds. The molecule has 0 spiro atoms. The van der Waals surface area contributed by atoms with Crippen LogP contribution >= 0.6 is 0 Å². The van der Waals surface area contributed by atoms with E-state index in [0.29, 0.717) is 6.42 Å². The molecule has 0 aliphatic carbocycles. The molecule has 108 valence electrons. The maximum atomic E-state index is 6.15. The number of hydrogen-bond acceptors (Lipinski definition) is 3. The zero-order valence-electron chi connectivity index (χ0n) is 12.5. The van der Waals surface area contributed by atoms with Crippen LogP contribution < -0.4 is 5.73 Å². The van der Waals surface area contributed by atoms with E-state index < -0.39 is 0 Å². The van der Waals surface area contributed by atoms with E-state index in [1.165, 1.54) is 5.52 Å². The van der Waals surface area contributed by atoms with Crippen molar-refractivity contribution in [3.8, 4) is 0 Å². The molecule has 4 nitrogen and oxygen atoms in total. The summed E-state index contributed by atoms with van der Waals surface area (Å²) >= 11 is 0. The molecule has 0 aliphatic heterocycles. The van der Waals surface area contributed by atoms with Gasteiger partial charge in [-0.1, -0.05) is 19.1 Å². The van der Waals surface area contributed by atoms with E-state index in [1.54, 1.807) is 0 Å². The van der Waals surface area contributed by atoms with Crippen molar-refractivity contribution in [1.82, 2.24) is 14.5 Å². The molecule has 21 heavy (non-hydrogen) atoms. The van der Waals surface area contributed by atoms with Gasteiger partial charge in [-0.15, -0.1) is 0 Å². The highest BCUT2D eigenvalue weighted by molar-refractivity contribution is 5.76. The Morgan fingerprint density at radius 1 is 1.19 bits per heavy atom. The third-order valence-corrected chi connectivity index (χ3v) is 3.80. The van der Waals surface area contributed by atoms with Gasteiger partial charge in [0.2, 0.25) is 0 Å². The minimum absolute atomic E-state index is 0.669. The minimum Gasteiger partial charge on any atom is -0.397 e. The monoisotopic (exact) mass is 280 g/mol. The second kappa shape index (κ2) is 5.56. The van der Waals surface area contributed by atoms with Crippen molar-refractivity contribution in [1.29, 1.82) is 0 Å². The summed E-state index contributed by atoms with van der Waals surface area (Å²) in [4.78, 5) is 9.19. The molecule has 3 aromatic rings. The van der Waals surface area contributed by atoms with Crippen molar-refractivity contribution in [2.24, 2.45) is 0 Å². The summed E-state index contributed by atoms with van der Waals surface area (Å²) in [6, 6.07) is 10.2. The molecule has 3 rings (SSSR count). The summed E-state index contributed by atoms with van der Waals surface area (Å²) in [5.41, 5.74) is 11.1. The first kappa shape index (κ1) is 13.6. The van der Waals surface area contributed by atoms with Gasteiger partial charge in [0, 0.05) is 12.7 Å². The number of nitrogens with zero attached hydrogens (tertiary/aromatic N) is 3. The van der Waals surface area contributed by atoms with Gasteiger partial charge < -0.3 is 10.3 Å². The van der Waals surface area contributed by atoms with Crippen LogP contribution in [0.1, 0.15) is 30.4 Å². The molecule has 0 radical (unpaired) electrons. The first-order valence-electron chi connectivity index (χ1n) is 7.34. The number of aryl methyl sites for hydroxylation is 2. The van der Waals surface area contributed by atoms with E-state index in [2.05, 4.69) is 34.7 Å². The van der Waals surface area contributed by atoms with Crippen LogP contribution in [0.5, 0.6) is 0 Å². The average molecular weight is 280 g/mol. The quantitative estimate of drug-likeness (QED) is 0.797. The zero-order chi connectivity index (χ0) is 14.8. The Bertz CT molecular complexity index is 774. The topological polar surface area (TPSA) is 56.7 Å². The maximum absolute atomic E-state index is 6.15. The van der Waals surface area contributed by atoms with Crippen molar-refractivity contribution >= 4 is 16.7 Å². The first-order valence-corrected chi connectivity index (χ1v) is 7.34. The van der Waals surface area contributed by atoms with Gasteiger partial charge in [0.1, 0.15) is 5.82 Å². The smallest absolute Gasteiger partial charge is 0.115 e. The highest BCUT2D eigenvalue weighted by Crippen LogP contribution is 2.21. The molecule has 1 aromatic carbocycles. The van der Waals surface area contributed by atoms with Crippen molar-refractivity contribution in [3.05, 3.63) is 53.6 Å². The maximum Gasteiger partial charge on any atom is 0.115 e. The Hall–Kier alpha value is -2.36. The lowest BCUT2D eigenvalue weighted by Crippen LogP contribution is -2.07. The molecule has 2 heterocycles. The summed E-state index contributed by atoms with van der Waals surface area (Å²) in [5.74, 6) is 1.03. The molecular formula is C17H20N4. The van der Waals surface area contributed by atoms with E-state index >= 15 is 0 Å². The Kier molecular flexibility index (Phi) is 3.60. The number of aromatic nitrogens is 3. The van der Waals surface area contributed by atoms with Crippen LogP contribution in [0.25, 0.3) is 11.0 Å². The first-order chi connectivity index (χ1) is 10.2. The molecule has 2 aromatic heterocycles. The van der Waals surface area contributed by atoms with Crippen LogP contribution in [-0.2, 0) is 13.0 Å². The fourth-order valence-corrected chi connectivity index (χ4v) is 2.65. The Labute approximate surface area is 124 Å². The Balaban J connectivity index is 2.07. The fraction of sp³-hybridized carbons (Fsp3) is 0.294. The van der Waals surface area contributed by atoms with Crippen LogP contribution in [0.3, 0.4) is 0 Å². The summed E-state index contributed by atoms with van der Waals surface area (Å²) in [5, 5.41) is 0. The van der Waals surface area contributed by atoms with Crippen molar-refractivity contribution < 1.29 is 0 Å². The van der Waals surface area contributed by atoms with Gasteiger partial charge in [-0.05, 0) is 37.1 Å². The van der Waals surface area contributed by atoms with Crippen LogP contribution in [0.2, 0.25) is 0 Å². The number of nitrogens with two attached hydrogens (primary N) is 1. The van der Waals surface area contributed by atoms with Crippen LogP contribution in [0, 0.1) is 6.92 Å². The number of nitrogen functional groups attached to an aromatic ring is 1. The number of hydrogen-bond donors (Lipinski definition) is 1. The van der Waals surface area contributed by atoms with Crippen molar-refractivity contribution in [2.75, 3.05) is 5.73 Å². The number of benzene rings is 1. The highest BCUT2D eigenvalue weighted by Gasteiger charge is 2.13. The largest absolute Gasteiger partial charge is 0.397 e. The van der Waals surface area contributed by atoms with Gasteiger partial charge in [0.05, 0.1) is 28.8 Å². The van der Waals surface area contributed by atoms with E-state index in [9.17, 15) is 0 Å². The molecule has 0 bridgehead atoms. The van der Waals surface area contributed by atoms with Crippen molar-refractivity contribution in [3.63, 3.8) is 0 Å². The lowest BCUT2D eigenvalue weighted by Gasteiger charge is -2.10. The highest BCUT2D eigenvalue weighted by atomic mass is 15.1. The second-order valence-corrected chi connectivity index (χ2v) is 5.33. The number of pyridine rings is 1. The van der Waals surface area contributed by atoms with Crippen LogP contribution in [0.15, 0.2) is 36.5 Å². The molecule has 0 fully saturated rings. The van der Waals surface area contributed by atoms with Crippen molar-refractivity contribution in [2.45, 2.75) is 33.2 Å². The molecule has 2 N–H and O–H groups in total. The molecule has 0 unspecified atom stereocenters. The molecule has 0 saturated carbocycles. The van der Waals surface area contributed by atoms with E-state index in [1.807, 2.05) is 25.3 Å². The lowest BCUT2D eigenvalue weighted by atomic mass is 10.1. The van der Waals surface area contributed by atoms with Gasteiger partial charge >= 0.3 is 0 Å². The average Bonchev–Trinajstić information content (AvgIpc) is 2.82. The standard InChI is InChI=1S/C17H20N4/c1-3-10-21-15-7-5-4-6-13(15)20-16(21)11-14-17(18)12(2)8-9-19-14/h4-9H,3,10-11,18H2,1-2H3. The third-order valence-electron chi connectivity index (χ3n) is 3.80. The van der Waals surface area contributed by atoms with Gasteiger partial charge in [-0.25, -0.2) is 4.98 Å². The molecule has 0 saturated heterocycles. The number of anilines is 1. The number of imidazole rings is 1. The van der Waals surface area contributed by atoms with Gasteiger partial charge in [0.15, 0.2) is 0 Å². The van der Waals surface area contributed by atoms with E-state index in [4.69, 9.17) is 10.7 Å².